The Balaban J connectivity index is 1.91. The molecule has 0 aromatic carbocycles. The number of aliphatic hydroxyl groups excluding tert-OH is 1. The topological polar surface area (TPSA) is 96.3 Å². The van der Waals surface area contributed by atoms with E-state index in [0.717, 1.165) is 24.8 Å². The molecular weight excluding hydrogens is 302 g/mol. The third-order valence-corrected chi connectivity index (χ3v) is 5.17. The number of ether oxygens (including phenoxy) is 2. The normalized spacial score (nSPS) is 34.0. The van der Waals surface area contributed by atoms with Crippen LogP contribution in [0, 0.1) is 11.8 Å². The first-order chi connectivity index (χ1) is 11.0. The zero-order valence-electron chi connectivity index (χ0n) is 13.4. The molecule has 3 aliphatic rings. The molecule has 2 heterocycles. The fourth-order valence-corrected chi connectivity index (χ4v) is 4.28. The summed E-state index contributed by atoms with van der Waals surface area (Å²) in [6.07, 6.45) is 1.44. The Kier molecular flexibility index (Phi) is 4.44. The van der Waals surface area contributed by atoms with Crippen molar-refractivity contribution >= 4 is 11.9 Å². The first-order valence-corrected chi connectivity index (χ1v) is 8.08. The molecule has 7 nitrogen and oxygen atoms in total. The lowest BCUT2D eigenvalue weighted by molar-refractivity contribution is -0.163. The lowest BCUT2D eigenvalue weighted by atomic mass is 9.71. The van der Waals surface area contributed by atoms with Gasteiger partial charge in [-0.05, 0) is 31.8 Å². The van der Waals surface area contributed by atoms with Crippen LogP contribution in [0.4, 0.5) is 0 Å². The first-order valence-electron chi connectivity index (χ1n) is 8.08. The molecule has 5 atom stereocenters. The number of nitrogens with zero attached hydrogens (tertiary/aromatic N) is 1. The van der Waals surface area contributed by atoms with Gasteiger partial charge >= 0.3 is 5.97 Å². The number of fused-ring (bicyclic) bond motifs is 3. The van der Waals surface area contributed by atoms with Gasteiger partial charge in [0.05, 0.1) is 37.4 Å². The number of aliphatic carboxylic acids is 1. The second-order valence-corrected chi connectivity index (χ2v) is 6.46. The van der Waals surface area contributed by atoms with Gasteiger partial charge in [-0.3, -0.25) is 4.79 Å². The number of hydrogen-bond acceptors (Lipinski definition) is 5. The molecule has 1 saturated carbocycles. The summed E-state index contributed by atoms with van der Waals surface area (Å²) >= 11 is 0. The molecule has 7 heteroatoms. The van der Waals surface area contributed by atoms with Gasteiger partial charge in [0.15, 0.2) is 0 Å². The lowest BCUT2D eigenvalue weighted by Gasteiger charge is -2.47. The average Bonchev–Trinajstić information content (AvgIpc) is 2.79. The summed E-state index contributed by atoms with van der Waals surface area (Å²) in [5.74, 6) is -1.92. The van der Waals surface area contributed by atoms with E-state index in [1.807, 2.05) is 0 Å². The van der Waals surface area contributed by atoms with Gasteiger partial charge in [-0.25, -0.2) is 4.79 Å². The molecule has 1 saturated heterocycles. The van der Waals surface area contributed by atoms with Crippen molar-refractivity contribution in [1.82, 2.24) is 4.90 Å². The molecule has 1 amide bonds. The van der Waals surface area contributed by atoms with Gasteiger partial charge in [0, 0.05) is 13.0 Å². The maximum atomic E-state index is 12.3. The van der Waals surface area contributed by atoms with Gasteiger partial charge < -0.3 is 24.6 Å². The van der Waals surface area contributed by atoms with Crippen LogP contribution in [0.1, 0.15) is 26.2 Å². The summed E-state index contributed by atoms with van der Waals surface area (Å²) in [6, 6.07) is -0.238. The molecule has 2 fully saturated rings. The summed E-state index contributed by atoms with van der Waals surface area (Å²) in [6.45, 7) is 2.43. The van der Waals surface area contributed by atoms with Crippen molar-refractivity contribution in [2.45, 2.75) is 44.4 Å². The average molecular weight is 325 g/mol. The highest BCUT2D eigenvalue weighted by Crippen LogP contribution is 2.52. The Morgan fingerprint density at radius 2 is 2.13 bits per heavy atom. The van der Waals surface area contributed by atoms with Crippen LogP contribution in [0.3, 0.4) is 0 Å². The summed E-state index contributed by atoms with van der Waals surface area (Å²) in [4.78, 5) is 25.4. The fraction of sp³-hybridized carbons (Fsp3) is 0.750. The minimum atomic E-state index is -1.09. The number of carboxylic acids is 1. The molecular formula is C16H23NO6. The quantitative estimate of drug-likeness (QED) is 0.541. The maximum absolute atomic E-state index is 12.3. The van der Waals surface area contributed by atoms with Crippen LogP contribution >= 0.6 is 0 Å². The fourth-order valence-electron chi connectivity index (χ4n) is 4.28. The summed E-state index contributed by atoms with van der Waals surface area (Å²) in [5.41, 5.74) is 0.797. The Morgan fingerprint density at radius 3 is 2.74 bits per heavy atom. The van der Waals surface area contributed by atoms with E-state index in [0.29, 0.717) is 13.2 Å². The molecule has 0 unspecified atom stereocenters. The molecule has 3 rings (SSSR count). The molecule has 0 aromatic rings. The second-order valence-electron chi connectivity index (χ2n) is 6.46. The van der Waals surface area contributed by atoms with Gasteiger partial charge in [-0.15, -0.1) is 0 Å². The molecule has 1 aliphatic carbocycles. The predicted molar refractivity (Wildman–Crippen MR) is 79.4 cm³/mol. The van der Waals surface area contributed by atoms with Crippen LogP contribution in [0.5, 0.6) is 0 Å². The molecule has 128 valence electrons. The third-order valence-electron chi connectivity index (χ3n) is 5.17. The van der Waals surface area contributed by atoms with E-state index < -0.39 is 18.0 Å². The van der Waals surface area contributed by atoms with Crippen molar-refractivity contribution in [2.75, 3.05) is 20.3 Å². The number of rotatable bonds is 6. The first kappa shape index (κ1) is 16.4. The van der Waals surface area contributed by atoms with Gasteiger partial charge in [-0.2, -0.15) is 0 Å². The summed E-state index contributed by atoms with van der Waals surface area (Å²) < 4.78 is 10.8. The van der Waals surface area contributed by atoms with Gasteiger partial charge in [-0.1, -0.05) is 0 Å². The highest BCUT2D eigenvalue weighted by Gasteiger charge is 2.62. The molecule has 0 aromatic heterocycles. The number of carboxylic acid groups (broad SMARTS) is 1. The van der Waals surface area contributed by atoms with Crippen molar-refractivity contribution in [3.8, 4) is 0 Å². The number of hydrogen-bond donors (Lipinski definition) is 2. The van der Waals surface area contributed by atoms with E-state index >= 15 is 0 Å². The van der Waals surface area contributed by atoms with Crippen molar-refractivity contribution in [1.29, 1.82) is 0 Å². The Morgan fingerprint density at radius 1 is 1.39 bits per heavy atom. The van der Waals surface area contributed by atoms with Crippen LogP contribution in [-0.4, -0.2) is 65.6 Å². The standard InChI is InChI=1S/C16H23NO6/c1-8(18)11-13-9-4-3-5-10(23-7-6-22-2)12(9)14(16(20)21)17(13)15(11)19/h8-11,13,18H,3-7H2,1-2H3,(H,20,21)/t8-,9+,10+,11-,13-/m1/s1. The number of aliphatic hydroxyl groups is 1. The maximum Gasteiger partial charge on any atom is 0.352 e. The molecule has 0 spiro atoms. The number of carbonyl (C=O) groups is 2. The molecule has 2 N–H and O–H groups in total. The number of β-lactam (4-membered cyclic amide) rings is 1. The van der Waals surface area contributed by atoms with E-state index in [1.165, 1.54) is 4.90 Å². The smallest absolute Gasteiger partial charge is 0.352 e. The Hall–Kier alpha value is -1.44. The van der Waals surface area contributed by atoms with Crippen LogP contribution in [-0.2, 0) is 19.1 Å². The lowest BCUT2D eigenvalue weighted by Crippen LogP contribution is -2.64. The van der Waals surface area contributed by atoms with Crippen LogP contribution in [0.15, 0.2) is 11.3 Å². The molecule has 0 radical (unpaired) electrons. The van der Waals surface area contributed by atoms with Gasteiger partial charge in [0.1, 0.15) is 5.70 Å². The zero-order valence-corrected chi connectivity index (χ0v) is 13.4. The van der Waals surface area contributed by atoms with Crippen molar-refractivity contribution < 1.29 is 29.3 Å². The summed E-state index contributed by atoms with van der Waals surface area (Å²) in [5, 5.41) is 19.5. The van der Waals surface area contributed by atoms with E-state index in [-0.39, 0.29) is 29.7 Å². The Bertz CT molecular complexity index is 543. The minimum absolute atomic E-state index is 0.0281. The molecule has 0 bridgehead atoms. The largest absolute Gasteiger partial charge is 0.477 e. The second kappa shape index (κ2) is 6.22. The molecule has 23 heavy (non-hydrogen) atoms. The summed E-state index contributed by atoms with van der Waals surface area (Å²) in [7, 11) is 1.59. The third kappa shape index (κ3) is 2.47. The van der Waals surface area contributed by atoms with Gasteiger partial charge in [0.25, 0.3) is 0 Å². The van der Waals surface area contributed by atoms with E-state index in [2.05, 4.69) is 0 Å². The van der Waals surface area contributed by atoms with Crippen LogP contribution in [0.25, 0.3) is 0 Å². The van der Waals surface area contributed by atoms with Crippen molar-refractivity contribution in [3.63, 3.8) is 0 Å². The number of methoxy groups -OCH3 is 1. The van der Waals surface area contributed by atoms with Crippen LogP contribution < -0.4 is 0 Å². The van der Waals surface area contributed by atoms with Crippen molar-refractivity contribution in [3.05, 3.63) is 11.3 Å². The monoisotopic (exact) mass is 325 g/mol. The van der Waals surface area contributed by atoms with E-state index in [4.69, 9.17) is 9.47 Å². The SMILES string of the molecule is COCCO[C@H]1CCC[C@H]2C1=C(C(=O)O)N1C(=O)[C@H]([C@@H](C)O)[C@@H]21. The number of amides is 1. The zero-order chi connectivity index (χ0) is 16.7. The number of carbonyl (C=O) groups excluding carboxylic acids is 1. The predicted octanol–water partition coefficient (Wildman–Crippen LogP) is 0.378. The highest BCUT2D eigenvalue weighted by molar-refractivity contribution is 6.00. The highest BCUT2D eigenvalue weighted by atomic mass is 16.5. The van der Waals surface area contributed by atoms with Crippen LogP contribution in [0.2, 0.25) is 0 Å². The van der Waals surface area contributed by atoms with Gasteiger partial charge in [0.2, 0.25) is 5.91 Å². The van der Waals surface area contributed by atoms with Crippen molar-refractivity contribution in [2.24, 2.45) is 11.8 Å². The minimum Gasteiger partial charge on any atom is -0.477 e. The van der Waals surface area contributed by atoms with E-state index in [9.17, 15) is 19.8 Å². The Labute approximate surface area is 134 Å². The van der Waals surface area contributed by atoms with E-state index in [1.54, 1.807) is 14.0 Å². The molecule has 2 aliphatic heterocycles.